The van der Waals surface area contributed by atoms with E-state index >= 15 is 0 Å². The van der Waals surface area contributed by atoms with Crippen LogP contribution in [0.3, 0.4) is 0 Å². The fourth-order valence-corrected chi connectivity index (χ4v) is 5.16. The van der Waals surface area contributed by atoms with Gasteiger partial charge in [-0.25, -0.2) is 4.52 Å². The molecule has 0 aliphatic carbocycles. The van der Waals surface area contributed by atoms with Gasteiger partial charge in [-0.05, 0) is 87.8 Å². The van der Waals surface area contributed by atoms with E-state index in [0.717, 1.165) is 25.0 Å². The Morgan fingerprint density at radius 1 is 1.03 bits per heavy atom. The molecule has 0 aromatic carbocycles. The Bertz CT molecular complexity index is 829. The van der Waals surface area contributed by atoms with E-state index in [4.69, 9.17) is 0 Å². The molecule has 5 heterocycles. The Morgan fingerprint density at radius 3 is 2.69 bits per heavy atom. The van der Waals surface area contributed by atoms with Gasteiger partial charge in [0, 0.05) is 25.5 Å². The van der Waals surface area contributed by atoms with Gasteiger partial charge >= 0.3 is 0 Å². The molecule has 0 saturated carbocycles. The minimum Gasteiger partial charge on any atom is -0.332 e. The topological polar surface area (TPSA) is 47.8 Å². The van der Waals surface area contributed by atoms with Crippen molar-refractivity contribution in [1.29, 1.82) is 0 Å². The lowest BCUT2D eigenvalue weighted by Gasteiger charge is -2.35. The van der Waals surface area contributed by atoms with Gasteiger partial charge in [-0.2, -0.15) is 5.10 Å². The predicted molar refractivity (Wildman–Crippen MR) is 118 cm³/mol. The average molecular weight is 395 g/mol. The molecule has 0 atom stereocenters. The third kappa shape index (κ3) is 4.49. The highest BCUT2D eigenvalue weighted by Gasteiger charge is 2.23. The van der Waals surface area contributed by atoms with E-state index < -0.39 is 0 Å². The van der Waals surface area contributed by atoms with Crippen LogP contribution in [-0.4, -0.2) is 60.5 Å². The Hall–Kier alpha value is -1.89. The van der Waals surface area contributed by atoms with Gasteiger partial charge in [0.15, 0.2) is 0 Å². The summed E-state index contributed by atoms with van der Waals surface area (Å²) in [5.74, 6) is 1.72. The van der Waals surface area contributed by atoms with Gasteiger partial charge in [0.2, 0.25) is 0 Å². The van der Waals surface area contributed by atoms with Gasteiger partial charge in [0.25, 0.3) is 0 Å². The summed E-state index contributed by atoms with van der Waals surface area (Å²) >= 11 is 0. The molecule has 3 aliphatic rings. The van der Waals surface area contributed by atoms with Crippen molar-refractivity contribution in [1.82, 2.24) is 25.1 Å². The number of fused-ring (bicyclic) bond motifs is 1. The van der Waals surface area contributed by atoms with Crippen molar-refractivity contribution >= 4 is 11.2 Å². The lowest BCUT2D eigenvalue weighted by Crippen LogP contribution is -2.40. The highest BCUT2D eigenvalue weighted by molar-refractivity contribution is 5.74. The van der Waals surface area contributed by atoms with Crippen LogP contribution >= 0.6 is 0 Å². The van der Waals surface area contributed by atoms with Crippen LogP contribution in [-0.2, 0) is 6.42 Å². The number of nitrogens with one attached hydrogen (secondary N) is 2. The molecular formula is C23H34N6. The minimum absolute atomic E-state index is 0.810. The second-order valence-electron chi connectivity index (χ2n) is 9.00. The quantitative estimate of drug-likeness (QED) is 0.816. The van der Waals surface area contributed by atoms with Gasteiger partial charge in [-0.15, -0.1) is 0 Å². The van der Waals surface area contributed by atoms with Crippen molar-refractivity contribution in [2.24, 2.45) is 11.8 Å². The summed E-state index contributed by atoms with van der Waals surface area (Å²) in [5.41, 5.74) is 3.84. The zero-order valence-corrected chi connectivity index (χ0v) is 17.4. The molecule has 156 valence electrons. The van der Waals surface area contributed by atoms with Crippen molar-refractivity contribution in [2.75, 3.05) is 50.8 Å². The maximum Gasteiger partial charge on any atom is 0.0902 e. The number of likely N-dealkylation sites (tertiary alicyclic amines) is 1. The van der Waals surface area contributed by atoms with E-state index in [9.17, 15) is 0 Å². The second-order valence-corrected chi connectivity index (χ2v) is 9.00. The summed E-state index contributed by atoms with van der Waals surface area (Å²) in [7, 11) is 0. The molecule has 0 unspecified atom stereocenters. The normalized spacial score (nSPS) is 22.6. The number of piperidine rings is 2. The average Bonchev–Trinajstić information content (AvgIpc) is 3.20. The third-order valence-corrected chi connectivity index (χ3v) is 6.91. The van der Waals surface area contributed by atoms with Crippen LogP contribution < -0.4 is 15.5 Å². The van der Waals surface area contributed by atoms with Gasteiger partial charge in [0.1, 0.15) is 0 Å². The van der Waals surface area contributed by atoms with Crippen LogP contribution in [0.1, 0.15) is 31.2 Å². The standard InChI is InChI=1S/C23H34N6/c1-7-25-18-28(10-1)23-16-26-29-13-6-21(15-22(23)29)14-19-4-11-27(12-5-19)17-20-2-8-24-9-3-20/h1,6,10,13,15-16,19-20,24-25H,2-5,7-9,11-12,14,17-18H2. The molecule has 5 rings (SSSR count). The lowest BCUT2D eigenvalue weighted by atomic mass is 9.89. The summed E-state index contributed by atoms with van der Waals surface area (Å²) in [5, 5.41) is 11.4. The van der Waals surface area contributed by atoms with Crippen molar-refractivity contribution in [2.45, 2.75) is 32.1 Å². The molecule has 6 heteroatoms. The third-order valence-electron chi connectivity index (χ3n) is 6.91. The van der Waals surface area contributed by atoms with E-state index in [1.165, 1.54) is 81.6 Å². The largest absolute Gasteiger partial charge is 0.332 e. The molecule has 2 aromatic rings. The Kier molecular flexibility index (Phi) is 5.83. The Labute approximate surface area is 173 Å². The minimum atomic E-state index is 0.810. The summed E-state index contributed by atoms with van der Waals surface area (Å²) in [6, 6.07) is 4.61. The molecule has 29 heavy (non-hydrogen) atoms. The maximum absolute atomic E-state index is 4.55. The molecule has 2 aromatic heterocycles. The molecule has 0 amide bonds. The summed E-state index contributed by atoms with van der Waals surface area (Å²) in [6.07, 6.45) is 15.0. The van der Waals surface area contributed by atoms with Gasteiger partial charge < -0.3 is 15.1 Å². The second kappa shape index (κ2) is 8.86. The first-order valence-corrected chi connectivity index (χ1v) is 11.4. The highest BCUT2D eigenvalue weighted by atomic mass is 15.3. The van der Waals surface area contributed by atoms with Crippen molar-refractivity contribution in [3.8, 4) is 0 Å². The van der Waals surface area contributed by atoms with Crippen molar-refractivity contribution in [3.05, 3.63) is 42.4 Å². The highest BCUT2D eigenvalue weighted by Crippen LogP contribution is 2.27. The summed E-state index contributed by atoms with van der Waals surface area (Å²) in [4.78, 5) is 4.97. The van der Waals surface area contributed by atoms with Crippen LogP contribution in [0, 0.1) is 11.8 Å². The Morgan fingerprint density at radius 2 is 1.90 bits per heavy atom. The molecule has 2 N–H and O–H groups in total. The number of nitrogens with zero attached hydrogens (tertiary/aromatic N) is 4. The van der Waals surface area contributed by atoms with Crippen LogP contribution in [0.5, 0.6) is 0 Å². The van der Waals surface area contributed by atoms with Crippen LogP contribution in [0.4, 0.5) is 5.69 Å². The first kappa shape index (κ1) is 19.1. The lowest BCUT2D eigenvalue weighted by molar-refractivity contribution is 0.148. The first-order chi connectivity index (χ1) is 14.3. The zero-order valence-electron chi connectivity index (χ0n) is 17.4. The van der Waals surface area contributed by atoms with E-state index in [1.54, 1.807) is 0 Å². The first-order valence-electron chi connectivity index (χ1n) is 11.4. The van der Waals surface area contributed by atoms with E-state index in [0.29, 0.717) is 0 Å². The van der Waals surface area contributed by atoms with E-state index in [-0.39, 0.29) is 0 Å². The van der Waals surface area contributed by atoms with Gasteiger partial charge in [-0.1, -0.05) is 6.08 Å². The summed E-state index contributed by atoms with van der Waals surface area (Å²) in [6.45, 7) is 8.08. The zero-order chi connectivity index (χ0) is 19.5. The molecule has 2 saturated heterocycles. The smallest absolute Gasteiger partial charge is 0.0902 e. The predicted octanol–water partition coefficient (Wildman–Crippen LogP) is 2.47. The van der Waals surface area contributed by atoms with Gasteiger partial charge in [0.05, 0.1) is 24.1 Å². The van der Waals surface area contributed by atoms with Crippen molar-refractivity contribution in [3.63, 3.8) is 0 Å². The Balaban J connectivity index is 1.19. The van der Waals surface area contributed by atoms with Gasteiger partial charge in [-0.3, -0.25) is 5.32 Å². The van der Waals surface area contributed by atoms with E-state index in [2.05, 4.69) is 56.1 Å². The fourth-order valence-electron chi connectivity index (χ4n) is 5.16. The number of aromatic nitrogens is 2. The van der Waals surface area contributed by atoms with Crippen LogP contribution in [0.2, 0.25) is 0 Å². The molecule has 0 bridgehead atoms. The fraction of sp³-hybridized carbons (Fsp3) is 0.609. The number of hydrogen-bond donors (Lipinski definition) is 2. The van der Waals surface area contributed by atoms with E-state index in [1.807, 2.05) is 10.7 Å². The monoisotopic (exact) mass is 394 g/mol. The van der Waals surface area contributed by atoms with Crippen LogP contribution in [0.15, 0.2) is 36.8 Å². The van der Waals surface area contributed by atoms with Crippen molar-refractivity contribution < 1.29 is 0 Å². The molecular weight excluding hydrogens is 360 g/mol. The van der Waals surface area contributed by atoms with Crippen LogP contribution in [0.25, 0.3) is 5.52 Å². The molecule has 0 radical (unpaired) electrons. The molecule has 0 spiro atoms. The number of hydrogen-bond acceptors (Lipinski definition) is 5. The SMILES string of the molecule is C1=CN(c2cnn3ccc(CC4CCN(CC5CCNCC5)CC4)cc23)CNC1. The molecule has 3 aliphatic heterocycles. The maximum atomic E-state index is 4.55. The number of anilines is 1. The summed E-state index contributed by atoms with van der Waals surface area (Å²) < 4.78 is 2.00. The number of pyridine rings is 1. The number of rotatable bonds is 5. The molecule has 6 nitrogen and oxygen atoms in total. The molecule has 2 fully saturated rings.